The van der Waals surface area contributed by atoms with Gasteiger partial charge in [0.25, 0.3) is 0 Å². The molecule has 1 heteroatoms. The van der Waals surface area contributed by atoms with E-state index in [0.29, 0.717) is 16.2 Å². The zero-order chi connectivity index (χ0) is 17.3. The van der Waals surface area contributed by atoms with Crippen molar-refractivity contribution in [3.05, 3.63) is 0 Å². The SMILES string of the molecule is CC(C)(C)[C]#[W]([CH2]C(C)(C)C)([CH2]C(C)(C)C)[CH2]C(C)(C)C. The predicted octanol–water partition coefficient (Wildman–Crippen LogP) is 7.54. The summed E-state index contributed by atoms with van der Waals surface area (Å²) in [5.74, 6) is 0. The molecule has 0 amide bonds. The molecule has 0 unspecified atom stereocenters. The van der Waals surface area contributed by atoms with Gasteiger partial charge in [-0.2, -0.15) is 0 Å². The summed E-state index contributed by atoms with van der Waals surface area (Å²) in [6.45, 7) is 28.9. The van der Waals surface area contributed by atoms with Crippen LogP contribution in [-0.2, 0) is 15.4 Å². The standard InChI is InChI=1S/3C5H11.C5H9.W/c4*1-5(2,3)4;/h3*1H2,2-4H3;1-3H3;. The zero-order valence-corrected chi connectivity index (χ0v) is 20.0. The number of rotatable bonds is 0. The van der Waals surface area contributed by atoms with Gasteiger partial charge >= 0.3 is 139 Å². The maximum atomic E-state index is 4.25. The van der Waals surface area contributed by atoms with Crippen LogP contribution in [0.5, 0.6) is 0 Å². The van der Waals surface area contributed by atoms with E-state index in [-0.39, 0.29) is 5.41 Å². The summed E-state index contributed by atoms with van der Waals surface area (Å²) in [6.07, 6.45) is 0. The van der Waals surface area contributed by atoms with Gasteiger partial charge in [0, 0.05) is 0 Å². The molecular weight excluding hydrogens is 424 g/mol. The Morgan fingerprint density at radius 2 is 0.762 bits per heavy atom. The van der Waals surface area contributed by atoms with E-state index in [0.717, 1.165) is 0 Å². The summed E-state index contributed by atoms with van der Waals surface area (Å²) >= 11 is -2.47. The van der Waals surface area contributed by atoms with Gasteiger partial charge in [-0.05, 0) is 0 Å². The third kappa shape index (κ3) is 11.7. The molecule has 128 valence electrons. The Balaban J connectivity index is 6.15. The molecule has 0 aliphatic rings. The fourth-order valence-corrected chi connectivity index (χ4v) is 27.8. The summed E-state index contributed by atoms with van der Waals surface area (Å²) in [7, 11) is 0. The molecule has 0 bridgehead atoms. The average molecular weight is 466 g/mol. The normalized spacial score (nSPS) is 15.0. The summed E-state index contributed by atoms with van der Waals surface area (Å²) in [4.78, 5) is 4.27. The summed E-state index contributed by atoms with van der Waals surface area (Å²) in [6, 6.07) is 0. The van der Waals surface area contributed by atoms with Crippen molar-refractivity contribution in [2.75, 3.05) is 0 Å². The minimum atomic E-state index is -2.47. The second-order valence-electron chi connectivity index (χ2n) is 11.5. The van der Waals surface area contributed by atoms with Gasteiger partial charge in [-0.1, -0.05) is 0 Å². The third-order valence-electron chi connectivity index (χ3n) is 2.65. The van der Waals surface area contributed by atoms with Gasteiger partial charge in [0.1, 0.15) is 0 Å². The Morgan fingerprint density at radius 1 is 0.524 bits per heavy atom. The van der Waals surface area contributed by atoms with E-state index in [1.165, 1.54) is 14.4 Å². The molecule has 0 N–H and O–H groups in total. The minimum absolute atomic E-state index is 0.233. The average Bonchev–Trinajstić information content (AvgIpc) is 1.83. The van der Waals surface area contributed by atoms with E-state index in [1.54, 1.807) is 0 Å². The van der Waals surface area contributed by atoms with Crippen molar-refractivity contribution in [1.29, 1.82) is 0 Å². The van der Waals surface area contributed by atoms with Crippen LogP contribution in [-0.4, -0.2) is 0 Å². The van der Waals surface area contributed by atoms with Gasteiger partial charge in [-0.3, -0.25) is 0 Å². The first-order chi connectivity index (χ1) is 8.83. The van der Waals surface area contributed by atoms with Crippen molar-refractivity contribution >= 4 is 0 Å². The molecule has 0 radical (unpaired) electrons. The van der Waals surface area contributed by atoms with Crippen LogP contribution in [0.3, 0.4) is 0 Å². The van der Waals surface area contributed by atoms with Crippen molar-refractivity contribution < 1.29 is 15.4 Å². The van der Waals surface area contributed by atoms with Crippen LogP contribution >= 0.6 is 0 Å². The van der Waals surface area contributed by atoms with Crippen LogP contribution in [0.25, 0.3) is 0 Å². The summed E-state index contributed by atoms with van der Waals surface area (Å²) < 4.78 is 4.25. The monoisotopic (exact) mass is 466 g/mol. The number of hydrogen-bond acceptors (Lipinski definition) is 0. The van der Waals surface area contributed by atoms with Crippen molar-refractivity contribution in [3.8, 4) is 4.20 Å². The molecule has 0 saturated heterocycles. The van der Waals surface area contributed by atoms with E-state index in [1.807, 2.05) is 0 Å². The van der Waals surface area contributed by atoms with Crippen LogP contribution in [0.2, 0.25) is 14.4 Å². The Hall–Kier alpha value is 0.468. The quantitative estimate of drug-likeness (QED) is 0.346. The van der Waals surface area contributed by atoms with Crippen LogP contribution in [0, 0.1) is 25.9 Å². The van der Waals surface area contributed by atoms with Crippen molar-refractivity contribution in [2.45, 2.75) is 97.5 Å². The Labute approximate surface area is 138 Å². The summed E-state index contributed by atoms with van der Waals surface area (Å²) in [5, 5.41) is 0. The van der Waals surface area contributed by atoms with E-state index in [4.69, 9.17) is 0 Å². The van der Waals surface area contributed by atoms with Crippen LogP contribution in [0.15, 0.2) is 0 Å². The molecule has 0 spiro atoms. The first-order valence-corrected chi connectivity index (χ1v) is 16.1. The molecular formula is C20H42W. The molecule has 0 saturated carbocycles. The van der Waals surface area contributed by atoms with Gasteiger partial charge in [-0.25, -0.2) is 0 Å². The van der Waals surface area contributed by atoms with Gasteiger partial charge in [0.2, 0.25) is 0 Å². The predicted molar refractivity (Wildman–Crippen MR) is 96.1 cm³/mol. The van der Waals surface area contributed by atoms with E-state index in [2.05, 4.69) is 87.3 Å². The van der Waals surface area contributed by atoms with Gasteiger partial charge in [0.15, 0.2) is 0 Å². The Kier molecular flexibility index (Phi) is 6.68. The molecule has 0 rings (SSSR count). The molecule has 0 nitrogen and oxygen atoms in total. The van der Waals surface area contributed by atoms with E-state index < -0.39 is 15.4 Å². The van der Waals surface area contributed by atoms with Crippen molar-refractivity contribution in [1.82, 2.24) is 0 Å². The molecule has 0 aromatic carbocycles. The zero-order valence-electron chi connectivity index (χ0n) is 17.0. The topological polar surface area (TPSA) is 0 Å². The molecule has 21 heavy (non-hydrogen) atoms. The molecule has 0 aliphatic carbocycles. The van der Waals surface area contributed by atoms with Gasteiger partial charge in [-0.15, -0.1) is 0 Å². The second-order valence-corrected chi connectivity index (χ2v) is 22.9. The molecule has 0 fully saturated rings. The molecule has 0 aromatic rings. The van der Waals surface area contributed by atoms with Gasteiger partial charge < -0.3 is 0 Å². The molecule has 0 heterocycles. The third-order valence-corrected chi connectivity index (χ3v) is 21.7. The van der Waals surface area contributed by atoms with E-state index >= 15 is 0 Å². The van der Waals surface area contributed by atoms with Crippen molar-refractivity contribution in [3.63, 3.8) is 0 Å². The first kappa shape index (κ1) is 21.5. The van der Waals surface area contributed by atoms with Crippen LogP contribution < -0.4 is 0 Å². The van der Waals surface area contributed by atoms with Crippen molar-refractivity contribution in [2.24, 2.45) is 21.7 Å². The number of hydrogen-bond donors (Lipinski definition) is 0. The molecule has 0 atom stereocenters. The van der Waals surface area contributed by atoms with Crippen LogP contribution in [0.1, 0.15) is 83.1 Å². The maximum absolute atomic E-state index is 4.25. The molecule has 0 aliphatic heterocycles. The van der Waals surface area contributed by atoms with E-state index in [9.17, 15) is 0 Å². The second kappa shape index (κ2) is 6.53. The van der Waals surface area contributed by atoms with Crippen LogP contribution in [0.4, 0.5) is 0 Å². The Bertz CT molecular complexity index is 386. The van der Waals surface area contributed by atoms with Gasteiger partial charge in [0.05, 0.1) is 0 Å². The molecule has 0 aromatic heterocycles. The fraction of sp³-hybridized carbons (Fsp3) is 0.950. The Morgan fingerprint density at radius 3 is 0.905 bits per heavy atom. The summed E-state index contributed by atoms with van der Waals surface area (Å²) in [5.41, 5.74) is 1.50. The first-order valence-electron chi connectivity index (χ1n) is 8.38. The fourth-order valence-electron chi connectivity index (χ4n) is 3.40.